The van der Waals surface area contributed by atoms with Gasteiger partial charge in [0.15, 0.2) is 0 Å². The van der Waals surface area contributed by atoms with Crippen molar-refractivity contribution in [3.63, 3.8) is 0 Å². The lowest BCUT2D eigenvalue weighted by molar-refractivity contribution is -0.154. The van der Waals surface area contributed by atoms with Crippen LogP contribution in [0.25, 0.3) is 11.0 Å². The number of aromatic hydroxyl groups is 1. The summed E-state index contributed by atoms with van der Waals surface area (Å²) < 4.78 is 59.8. The third kappa shape index (κ3) is 4.91. The molecule has 1 saturated heterocycles. The van der Waals surface area contributed by atoms with Gasteiger partial charge in [-0.05, 0) is 54.8 Å². The number of benzene rings is 2. The van der Waals surface area contributed by atoms with Crippen LogP contribution >= 0.6 is 0 Å². The highest BCUT2D eigenvalue weighted by atomic mass is 19.4. The first kappa shape index (κ1) is 27.6. The number of likely N-dealkylation sites (tertiary alicyclic amines) is 1. The van der Waals surface area contributed by atoms with Crippen LogP contribution in [0.5, 0.6) is 17.2 Å². The van der Waals surface area contributed by atoms with E-state index in [9.17, 15) is 32.7 Å². The van der Waals surface area contributed by atoms with Crippen molar-refractivity contribution in [1.82, 2.24) is 9.47 Å². The van der Waals surface area contributed by atoms with Crippen LogP contribution in [0.4, 0.5) is 13.2 Å². The number of alkyl halides is 3. The van der Waals surface area contributed by atoms with E-state index >= 15 is 0 Å². The van der Waals surface area contributed by atoms with Crippen LogP contribution in [0.1, 0.15) is 39.7 Å². The van der Waals surface area contributed by atoms with Gasteiger partial charge in [0.1, 0.15) is 17.1 Å². The fourth-order valence-electron chi connectivity index (χ4n) is 5.96. The summed E-state index contributed by atoms with van der Waals surface area (Å²) >= 11 is 0. The van der Waals surface area contributed by atoms with Gasteiger partial charge >= 0.3 is 12.1 Å². The fraction of sp³-hybridized carbons (Fsp3) is 0.300. The topological polar surface area (TPSA) is 111 Å². The molecule has 0 amide bonds. The Morgan fingerprint density at radius 1 is 1.05 bits per heavy atom. The summed E-state index contributed by atoms with van der Waals surface area (Å²) in [6, 6.07) is 12.6. The summed E-state index contributed by atoms with van der Waals surface area (Å²) in [5.41, 5.74) is -0.420. The van der Waals surface area contributed by atoms with Crippen LogP contribution in [0.15, 0.2) is 68.6 Å². The van der Waals surface area contributed by atoms with Gasteiger partial charge in [0.25, 0.3) is 11.3 Å². The van der Waals surface area contributed by atoms with E-state index in [-0.39, 0.29) is 57.5 Å². The SMILES string of the molecule is COC(=O)c1ccc(Oc2c(C(F)(F)F)oc3c(CN4C[C@H]5C[C@@H](C4)c4cccc(=O)n4C5)c(O)ccc3c2=O)cc1. The number of fused-ring (bicyclic) bond motifs is 5. The van der Waals surface area contributed by atoms with Crippen molar-refractivity contribution in [3.8, 4) is 17.2 Å². The molecular formula is C30H25F3N2O7. The van der Waals surface area contributed by atoms with Gasteiger partial charge in [0, 0.05) is 43.9 Å². The molecule has 0 spiro atoms. The summed E-state index contributed by atoms with van der Waals surface area (Å²) in [6.45, 7) is 1.61. The minimum atomic E-state index is -5.10. The van der Waals surface area contributed by atoms with E-state index in [2.05, 4.69) is 4.74 Å². The molecule has 9 nitrogen and oxygen atoms in total. The van der Waals surface area contributed by atoms with Crippen molar-refractivity contribution in [3.05, 3.63) is 97.8 Å². The number of hydrogen-bond acceptors (Lipinski definition) is 8. The quantitative estimate of drug-likeness (QED) is 0.332. The number of esters is 1. The summed E-state index contributed by atoms with van der Waals surface area (Å²) in [7, 11) is 1.19. The zero-order chi connectivity index (χ0) is 29.8. The molecule has 0 radical (unpaired) electrons. The molecule has 4 aromatic rings. The van der Waals surface area contributed by atoms with Crippen LogP contribution in [0, 0.1) is 5.92 Å². The van der Waals surface area contributed by atoms with Crippen molar-refractivity contribution in [2.45, 2.75) is 31.6 Å². The molecule has 2 aromatic heterocycles. The first-order valence-corrected chi connectivity index (χ1v) is 13.2. The lowest BCUT2D eigenvalue weighted by Crippen LogP contribution is -2.46. The molecule has 6 rings (SSSR count). The predicted molar refractivity (Wildman–Crippen MR) is 144 cm³/mol. The van der Waals surface area contributed by atoms with Crippen LogP contribution in [0.3, 0.4) is 0 Å². The molecule has 42 heavy (non-hydrogen) atoms. The van der Waals surface area contributed by atoms with E-state index in [1.807, 2.05) is 11.0 Å². The van der Waals surface area contributed by atoms with Crippen molar-refractivity contribution in [2.24, 2.45) is 5.92 Å². The van der Waals surface area contributed by atoms with Crippen LogP contribution < -0.4 is 15.7 Å². The second-order valence-electron chi connectivity index (χ2n) is 10.5. The number of piperidine rings is 1. The summed E-state index contributed by atoms with van der Waals surface area (Å²) in [4.78, 5) is 39.5. The molecule has 218 valence electrons. The standard InChI is InChI=1S/C30H25F3N2O7/c1-40-29(39)17-5-7-19(8-6-17)41-27-25(38)20-9-10-23(36)21(26(20)42-28(27)30(31,32)33)15-34-12-16-11-18(14-34)22-3-2-4-24(37)35(22)13-16/h2-10,16,18,36H,11-15H2,1H3/t16-,18+/m1/s1. The maximum atomic E-state index is 14.2. The number of phenolic OH excluding ortho intramolecular Hbond substituents is 1. The van der Waals surface area contributed by atoms with Gasteiger partial charge in [-0.25, -0.2) is 4.79 Å². The number of nitrogens with zero attached hydrogens (tertiary/aromatic N) is 2. The lowest BCUT2D eigenvalue weighted by atomic mass is 9.83. The van der Waals surface area contributed by atoms with E-state index in [1.165, 1.54) is 49.6 Å². The van der Waals surface area contributed by atoms with Gasteiger partial charge in [-0.2, -0.15) is 13.2 Å². The molecule has 2 bridgehead atoms. The smallest absolute Gasteiger partial charge is 0.453 e. The molecule has 2 aliphatic rings. The zero-order valence-electron chi connectivity index (χ0n) is 22.3. The third-order valence-corrected chi connectivity index (χ3v) is 7.79. The van der Waals surface area contributed by atoms with Crippen LogP contribution in [-0.2, 0) is 24.0 Å². The van der Waals surface area contributed by atoms with E-state index in [1.54, 1.807) is 10.6 Å². The number of ether oxygens (including phenoxy) is 2. The van der Waals surface area contributed by atoms with Gasteiger partial charge in [0.2, 0.25) is 11.2 Å². The minimum Gasteiger partial charge on any atom is -0.507 e. The Morgan fingerprint density at radius 2 is 1.81 bits per heavy atom. The minimum absolute atomic E-state index is 0.0304. The largest absolute Gasteiger partial charge is 0.507 e. The van der Waals surface area contributed by atoms with Crippen molar-refractivity contribution in [2.75, 3.05) is 20.2 Å². The molecule has 1 fully saturated rings. The Labute approximate surface area is 236 Å². The molecule has 0 saturated carbocycles. The van der Waals surface area contributed by atoms with E-state index < -0.39 is 29.1 Å². The Bertz CT molecular complexity index is 1810. The number of aromatic nitrogens is 1. The Balaban J connectivity index is 1.37. The number of carbonyl (C=O) groups is 1. The van der Waals surface area contributed by atoms with Crippen LogP contribution in [0.2, 0.25) is 0 Å². The van der Waals surface area contributed by atoms with E-state index in [0.29, 0.717) is 19.6 Å². The first-order valence-electron chi connectivity index (χ1n) is 13.2. The lowest BCUT2D eigenvalue weighted by Gasteiger charge is -2.42. The predicted octanol–water partition coefficient (Wildman–Crippen LogP) is 4.88. The third-order valence-electron chi connectivity index (χ3n) is 7.79. The molecule has 12 heteroatoms. The van der Waals surface area contributed by atoms with Crippen molar-refractivity contribution < 1.29 is 37.0 Å². The number of rotatable bonds is 5. The fourth-order valence-corrected chi connectivity index (χ4v) is 5.96. The molecule has 0 unspecified atom stereocenters. The molecule has 0 aliphatic carbocycles. The highest BCUT2D eigenvalue weighted by Crippen LogP contribution is 2.41. The number of halogens is 3. The normalized spacial score (nSPS) is 18.5. The van der Waals surface area contributed by atoms with Gasteiger partial charge in [-0.1, -0.05) is 6.07 Å². The van der Waals surface area contributed by atoms with Gasteiger partial charge in [-0.15, -0.1) is 0 Å². The number of pyridine rings is 1. The van der Waals surface area contributed by atoms with Crippen LogP contribution in [-0.4, -0.2) is 40.7 Å². The Morgan fingerprint density at radius 3 is 2.52 bits per heavy atom. The highest BCUT2D eigenvalue weighted by Gasteiger charge is 2.41. The van der Waals surface area contributed by atoms with E-state index in [4.69, 9.17) is 9.15 Å². The molecule has 2 aliphatic heterocycles. The molecule has 2 atom stereocenters. The van der Waals surface area contributed by atoms with Gasteiger partial charge in [0.05, 0.1) is 23.6 Å². The molecular weight excluding hydrogens is 557 g/mol. The summed E-state index contributed by atoms with van der Waals surface area (Å²) in [5.74, 6) is -3.62. The van der Waals surface area contributed by atoms with Crippen molar-refractivity contribution in [1.29, 1.82) is 0 Å². The zero-order valence-corrected chi connectivity index (χ0v) is 22.3. The average Bonchev–Trinajstić information content (AvgIpc) is 2.96. The number of phenols is 1. The monoisotopic (exact) mass is 582 g/mol. The molecule has 4 heterocycles. The summed E-state index contributed by atoms with van der Waals surface area (Å²) in [5, 5.41) is 10.5. The maximum absolute atomic E-state index is 14.2. The second-order valence-corrected chi connectivity index (χ2v) is 10.5. The molecule has 2 aromatic carbocycles. The maximum Gasteiger partial charge on any atom is 0.453 e. The first-order chi connectivity index (χ1) is 20.0. The Hall–Kier alpha value is -4.58. The second kappa shape index (κ2) is 10.4. The summed E-state index contributed by atoms with van der Waals surface area (Å²) in [6.07, 6.45) is -4.23. The number of methoxy groups -OCH3 is 1. The number of hydrogen-bond donors (Lipinski definition) is 1. The van der Waals surface area contributed by atoms with E-state index in [0.717, 1.165) is 12.1 Å². The molecule has 1 N–H and O–H groups in total. The Kier molecular flexibility index (Phi) is 6.80. The number of carbonyl (C=O) groups excluding carboxylic acids is 1. The average molecular weight is 583 g/mol. The van der Waals surface area contributed by atoms with Gasteiger partial charge in [-0.3, -0.25) is 14.5 Å². The highest BCUT2D eigenvalue weighted by molar-refractivity contribution is 5.89. The van der Waals surface area contributed by atoms with Gasteiger partial charge < -0.3 is 23.6 Å². The van der Waals surface area contributed by atoms with Crippen molar-refractivity contribution >= 4 is 16.9 Å².